The van der Waals surface area contributed by atoms with Crippen LogP contribution in [0.2, 0.25) is 0 Å². The van der Waals surface area contributed by atoms with E-state index in [1.54, 1.807) is 26.0 Å². The maximum absolute atomic E-state index is 13.0. The molecule has 0 spiro atoms. The summed E-state index contributed by atoms with van der Waals surface area (Å²) in [4.78, 5) is 25.8. The van der Waals surface area contributed by atoms with Gasteiger partial charge in [0.15, 0.2) is 0 Å². The lowest BCUT2D eigenvalue weighted by Crippen LogP contribution is -2.47. The van der Waals surface area contributed by atoms with Crippen LogP contribution in [0.3, 0.4) is 0 Å². The number of benzene rings is 1. The minimum atomic E-state index is -0.547. The van der Waals surface area contributed by atoms with Gasteiger partial charge in [-0.05, 0) is 31.0 Å². The van der Waals surface area contributed by atoms with E-state index in [-0.39, 0.29) is 17.6 Å². The quantitative estimate of drug-likeness (QED) is 0.751. The van der Waals surface area contributed by atoms with Gasteiger partial charge in [0.05, 0.1) is 0 Å². The van der Waals surface area contributed by atoms with Crippen molar-refractivity contribution in [3.8, 4) is 0 Å². The highest BCUT2D eigenvalue weighted by atomic mass is 19.1. The van der Waals surface area contributed by atoms with Crippen LogP contribution in [0, 0.1) is 5.82 Å². The molecule has 0 aliphatic carbocycles. The number of rotatable bonds is 8. The smallest absolute Gasteiger partial charge is 0.242 e. The third kappa shape index (κ3) is 5.47. The van der Waals surface area contributed by atoms with Gasteiger partial charge < -0.3 is 10.2 Å². The summed E-state index contributed by atoms with van der Waals surface area (Å²) < 4.78 is 13.0. The van der Waals surface area contributed by atoms with E-state index in [4.69, 9.17) is 0 Å². The summed E-state index contributed by atoms with van der Waals surface area (Å²) in [6.45, 7) is 6.46. The Morgan fingerprint density at radius 2 is 1.86 bits per heavy atom. The maximum Gasteiger partial charge on any atom is 0.242 e. The van der Waals surface area contributed by atoms with Gasteiger partial charge in [-0.2, -0.15) is 0 Å². The first-order valence-corrected chi connectivity index (χ1v) is 7.81. The zero-order valence-corrected chi connectivity index (χ0v) is 13.6. The Morgan fingerprint density at radius 3 is 2.41 bits per heavy atom. The van der Waals surface area contributed by atoms with E-state index >= 15 is 0 Å². The van der Waals surface area contributed by atoms with Crippen molar-refractivity contribution < 1.29 is 14.0 Å². The van der Waals surface area contributed by atoms with Crippen molar-refractivity contribution in [2.75, 3.05) is 6.54 Å². The number of halogens is 1. The lowest BCUT2D eigenvalue weighted by Gasteiger charge is -2.28. The summed E-state index contributed by atoms with van der Waals surface area (Å²) in [5.41, 5.74) is 0.802. The van der Waals surface area contributed by atoms with Crippen LogP contribution in [0.15, 0.2) is 24.3 Å². The summed E-state index contributed by atoms with van der Waals surface area (Å²) >= 11 is 0. The molecule has 0 radical (unpaired) electrons. The van der Waals surface area contributed by atoms with Crippen LogP contribution in [0.1, 0.15) is 45.6 Å². The number of nitrogens with zero attached hydrogens (tertiary/aromatic N) is 1. The van der Waals surface area contributed by atoms with Gasteiger partial charge >= 0.3 is 0 Å². The number of carbonyl (C=O) groups excluding carboxylic acids is 2. The predicted octanol–water partition coefficient (Wildman–Crippen LogP) is 2.87. The molecular weight excluding hydrogens is 283 g/mol. The summed E-state index contributed by atoms with van der Waals surface area (Å²) in [7, 11) is 0. The van der Waals surface area contributed by atoms with E-state index in [1.807, 2.05) is 0 Å². The molecule has 1 N–H and O–H groups in total. The molecule has 0 bridgehead atoms. The highest BCUT2D eigenvalue weighted by Gasteiger charge is 2.24. The number of carbonyl (C=O) groups is 2. The molecule has 4 nitrogen and oxygen atoms in total. The van der Waals surface area contributed by atoms with Crippen molar-refractivity contribution in [1.82, 2.24) is 10.2 Å². The van der Waals surface area contributed by atoms with Crippen LogP contribution in [0.5, 0.6) is 0 Å². The topological polar surface area (TPSA) is 49.4 Å². The van der Waals surface area contributed by atoms with E-state index in [0.29, 0.717) is 19.5 Å². The fourth-order valence-electron chi connectivity index (χ4n) is 2.11. The molecule has 122 valence electrons. The molecule has 0 saturated heterocycles. The second kappa shape index (κ2) is 9.18. The van der Waals surface area contributed by atoms with Crippen LogP contribution in [-0.4, -0.2) is 29.3 Å². The highest BCUT2D eigenvalue weighted by molar-refractivity contribution is 5.87. The Kier molecular flexibility index (Phi) is 7.57. The summed E-state index contributed by atoms with van der Waals surface area (Å²) in [6, 6.07) is 5.43. The predicted molar refractivity (Wildman–Crippen MR) is 84.6 cm³/mol. The molecule has 22 heavy (non-hydrogen) atoms. The molecule has 0 saturated carbocycles. The molecule has 1 aromatic carbocycles. The summed E-state index contributed by atoms with van der Waals surface area (Å²) in [5, 5.41) is 2.84. The molecule has 5 heteroatoms. The van der Waals surface area contributed by atoms with Crippen molar-refractivity contribution in [2.24, 2.45) is 0 Å². The standard InChI is InChI=1S/C17H25FN2O2/c1-4-6-11-19-17(22)13(3)20(16(21)5-2)12-14-7-9-15(18)10-8-14/h7-10,13H,4-6,11-12H2,1-3H3,(H,19,22). The van der Waals surface area contributed by atoms with E-state index in [1.165, 1.54) is 17.0 Å². The molecule has 1 aromatic rings. The Balaban J connectivity index is 2.76. The van der Waals surface area contributed by atoms with Crippen LogP contribution in [0.4, 0.5) is 4.39 Å². The van der Waals surface area contributed by atoms with Gasteiger partial charge in [-0.3, -0.25) is 9.59 Å². The van der Waals surface area contributed by atoms with Gasteiger partial charge in [0.25, 0.3) is 0 Å². The molecule has 1 rings (SSSR count). The van der Waals surface area contributed by atoms with E-state index in [0.717, 1.165) is 18.4 Å². The van der Waals surface area contributed by atoms with Crippen LogP contribution < -0.4 is 5.32 Å². The van der Waals surface area contributed by atoms with Gasteiger partial charge in [-0.1, -0.05) is 32.4 Å². The van der Waals surface area contributed by atoms with Crippen LogP contribution >= 0.6 is 0 Å². The molecule has 0 aliphatic heterocycles. The third-order valence-electron chi connectivity index (χ3n) is 3.57. The largest absolute Gasteiger partial charge is 0.354 e. The molecule has 1 unspecified atom stereocenters. The second-order valence-corrected chi connectivity index (χ2v) is 5.32. The maximum atomic E-state index is 13.0. The number of amides is 2. The average Bonchev–Trinajstić information content (AvgIpc) is 2.53. The number of nitrogens with one attached hydrogen (secondary N) is 1. The molecule has 0 heterocycles. The van der Waals surface area contributed by atoms with E-state index in [2.05, 4.69) is 12.2 Å². The molecule has 0 fully saturated rings. The second-order valence-electron chi connectivity index (χ2n) is 5.32. The minimum absolute atomic E-state index is 0.0949. The average molecular weight is 308 g/mol. The lowest BCUT2D eigenvalue weighted by atomic mass is 10.1. The van der Waals surface area contributed by atoms with E-state index in [9.17, 15) is 14.0 Å². The molecular formula is C17H25FN2O2. The van der Waals surface area contributed by atoms with Crippen molar-refractivity contribution in [2.45, 2.75) is 52.6 Å². The molecule has 1 atom stereocenters. The van der Waals surface area contributed by atoms with Gasteiger partial charge in [0, 0.05) is 19.5 Å². The van der Waals surface area contributed by atoms with Crippen molar-refractivity contribution in [3.05, 3.63) is 35.6 Å². The number of unbranched alkanes of at least 4 members (excludes halogenated alkanes) is 1. The van der Waals surface area contributed by atoms with Crippen LogP contribution in [0.25, 0.3) is 0 Å². The molecule has 0 aromatic heterocycles. The molecule has 2 amide bonds. The van der Waals surface area contributed by atoms with Crippen LogP contribution in [-0.2, 0) is 16.1 Å². The van der Waals surface area contributed by atoms with Gasteiger partial charge in [-0.25, -0.2) is 4.39 Å². The SMILES string of the molecule is CCCCNC(=O)C(C)N(Cc1ccc(F)cc1)C(=O)CC. The number of hydrogen-bond acceptors (Lipinski definition) is 2. The molecule has 0 aliphatic rings. The summed E-state index contributed by atoms with van der Waals surface area (Å²) in [6.07, 6.45) is 2.24. The lowest BCUT2D eigenvalue weighted by molar-refractivity contribution is -0.140. The van der Waals surface area contributed by atoms with Crippen molar-refractivity contribution in [1.29, 1.82) is 0 Å². The monoisotopic (exact) mass is 308 g/mol. The van der Waals surface area contributed by atoms with Gasteiger partial charge in [0.2, 0.25) is 11.8 Å². The van der Waals surface area contributed by atoms with E-state index < -0.39 is 6.04 Å². The zero-order chi connectivity index (χ0) is 16.5. The Morgan fingerprint density at radius 1 is 1.23 bits per heavy atom. The first-order chi connectivity index (χ1) is 10.5. The fourth-order valence-corrected chi connectivity index (χ4v) is 2.11. The van der Waals surface area contributed by atoms with Gasteiger partial charge in [-0.15, -0.1) is 0 Å². The van der Waals surface area contributed by atoms with Crippen molar-refractivity contribution in [3.63, 3.8) is 0 Å². The third-order valence-corrected chi connectivity index (χ3v) is 3.57. The summed E-state index contributed by atoms with van der Waals surface area (Å²) in [5.74, 6) is -0.567. The first kappa shape index (κ1) is 18.1. The highest BCUT2D eigenvalue weighted by Crippen LogP contribution is 2.11. The zero-order valence-electron chi connectivity index (χ0n) is 13.6. The fraction of sp³-hybridized carbons (Fsp3) is 0.529. The Hall–Kier alpha value is -1.91. The normalized spacial score (nSPS) is 11.8. The minimum Gasteiger partial charge on any atom is -0.354 e. The number of hydrogen-bond donors (Lipinski definition) is 1. The first-order valence-electron chi connectivity index (χ1n) is 7.81. The Labute approximate surface area is 131 Å². The Bertz CT molecular complexity index is 488. The van der Waals surface area contributed by atoms with Gasteiger partial charge in [0.1, 0.15) is 11.9 Å². The van der Waals surface area contributed by atoms with Crippen molar-refractivity contribution >= 4 is 11.8 Å².